The van der Waals surface area contributed by atoms with Crippen molar-refractivity contribution in [1.82, 2.24) is 9.88 Å². The van der Waals surface area contributed by atoms with E-state index in [2.05, 4.69) is 22.1 Å². The molecule has 6 nitrogen and oxygen atoms in total. The lowest BCUT2D eigenvalue weighted by molar-refractivity contribution is -0.115. The molecule has 3 rings (SSSR count). The molecule has 0 spiro atoms. The van der Waals surface area contributed by atoms with Gasteiger partial charge in [-0.1, -0.05) is 6.92 Å². The van der Waals surface area contributed by atoms with E-state index in [1.54, 1.807) is 14.2 Å². The summed E-state index contributed by atoms with van der Waals surface area (Å²) in [6.45, 7) is 5.39. The third kappa shape index (κ3) is 5.43. The number of benzene rings is 1. The number of hydrogen-bond donors (Lipinski definition) is 1. The Morgan fingerprint density at radius 1 is 1.37 bits per heavy atom. The molecule has 1 fully saturated rings. The van der Waals surface area contributed by atoms with Crippen LogP contribution in [0.4, 0.5) is 5.13 Å². The molecular formula is C20H27N3O3S. The molecule has 1 aromatic carbocycles. The third-order valence-corrected chi connectivity index (χ3v) is 5.57. The van der Waals surface area contributed by atoms with Crippen molar-refractivity contribution in [3.63, 3.8) is 0 Å². The number of carbonyl (C=O) groups excluding carboxylic acids is 1. The average Bonchev–Trinajstić information content (AvgIpc) is 3.08. The normalized spacial score (nSPS) is 17.5. The van der Waals surface area contributed by atoms with Gasteiger partial charge in [0.2, 0.25) is 5.91 Å². The van der Waals surface area contributed by atoms with Crippen molar-refractivity contribution in [2.45, 2.75) is 32.7 Å². The number of nitrogens with one attached hydrogen (secondary N) is 1. The molecule has 1 aliphatic heterocycles. The molecule has 2 heterocycles. The molecular weight excluding hydrogens is 362 g/mol. The van der Waals surface area contributed by atoms with Gasteiger partial charge in [-0.15, -0.1) is 11.3 Å². The number of methoxy groups -OCH3 is 2. The Balaban J connectivity index is 1.58. The lowest BCUT2D eigenvalue weighted by Crippen LogP contribution is -2.33. The van der Waals surface area contributed by atoms with Crippen LogP contribution >= 0.6 is 11.3 Å². The minimum Gasteiger partial charge on any atom is -0.497 e. The van der Waals surface area contributed by atoms with Crippen molar-refractivity contribution in [2.24, 2.45) is 5.92 Å². The fourth-order valence-corrected chi connectivity index (χ4v) is 4.17. The van der Waals surface area contributed by atoms with E-state index in [0.29, 0.717) is 16.6 Å². The van der Waals surface area contributed by atoms with Gasteiger partial charge >= 0.3 is 0 Å². The Labute approximate surface area is 164 Å². The summed E-state index contributed by atoms with van der Waals surface area (Å²) >= 11 is 1.47. The van der Waals surface area contributed by atoms with Gasteiger partial charge in [0.15, 0.2) is 5.13 Å². The van der Waals surface area contributed by atoms with E-state index >= 15 is 0 Å². The number of piperidine rings is 1. The minimum atomic E-state index is -0.117. The lowest BCUT2D eigenvalue weighted by atomic mass is 10.0. The van der Waals surface area contributed by atoms with E-state index in [1.165, 1.54) is 24.2 Å². The largest absolute Gasteiger partial charge is 0.497 e. The first-order chi connectivity index (χ1) is 13.1. The molecule has 0 bridgehead atoms. The van der Waals surface area contributed by atoms with Crippen molar-refractivity contribution in [3.05, 3.63) is 34.8 Å². The Morgan fingerprint density at radius 3 is 2.96 bits per heavy atom. The number of ether oxygens (including phenoxy) is 2. The van der Waals surface area contributed by atoms with Crippen LogP contribution < -0.4 is 14.8 Å². The molecule has 1 N–H and O–H groups in total. The number of rotatable bonds is 7. The van der Waals surface area contributed by atoms with Crippen LogP contribution in [0.15, 0.2) is 23.6 Å². The molecule has 1 aromatic heterocycles. The van der Waals surface area contributed by atoms with E-state index < -0.39 is 0 Å². The SMILES string of the molecule is COc1ccc(OC)c(CC(=O)Nc2nc(CN3CCCC(C)C3)cs2)c1. The van der Waals surface area contributed by atoms with Crippen LogP contribution in [0.3, 0.4) is 0 Å². The second-order valence-corrected chi connectivity index (χ2v) is 7.89. The highest BCUT2D eigenvalue weighted by molar-refractivity contribution is 7.13. The standard InChI is InChI=1S/C20H27N3O3S/c1-14-5-4-8-23(11-14)12-16-13-27-20(21-16)22-19(24)10-15-9-17(25-2)6-7-18(15)26-3/h6-7,9,13-14H,4-5,8,10-12H2,1-3H3,(H,21,22,24). The van der Waals surface area contributed by atoms with Crippen LogP contribution in [0.25, 0.3) is 0 Å². The fraction of sp³-hybridized carbons (Fsp3) is 0.500. The Morgan fingerprint density at radius 2 is 2.22 bits per heavy atom. The van der Waals surface area contributed by atoms with Crippen LogP contribution in [-0.4, -0.2) is 43.1 Å². The number of nitrogens with zero attached hydrogens (tertiary/aromatic N) is 2. The highest BCUT2D eigenvalue weighted by atomic mass is 32.1. The lowest BCUT2D eigenvalue weighted by Gasteiger charge is -2.30. The van der Waals surface area contributed by atoms with E-state index in [-0.39, 0.29) is 12.3 Å². The maximum Gasteiger partial charge on any atom is 0.230 e. The summed E-state index contributed by atoms with van der Waals surface area (Å²) in [4.78, 5) is 19.5. The van der Waals surface area contributed by atoms with Gasteiger partial charge in [-0.2, -0.15) is 0 Å². The Bertz CT molecular complexity index is 778. The van der Waals surface area contributed by atoms with Crippen LogP contribution in [0, 0.1) is 5.92 Å². The number of amides is 1. The molecule has 146 valence electrons. The second kappa shape index (κ2) is 9.19. The first-order valence-electron chi connectivity index (χ1n) is 9.25. The van der Waals surface area contributed by atoms with Crippen LogP contribution in [0.5, 0.6) is 11.5 Å². The van der Waals surface area contributed by atoms with Crippen molar-refractivity contribution >= 4 is 22.4 Å². The minimum absolute atomic E-state index is 0.117. The summed E-state index contributed by atoms with van der Waals surface area (Å²) < 4.78 is 10.6. The number of thiazole rings is 1. The maximum atomic E-state index is 12.4. The number of aromatic nitrogens is 1. The molecule has 1 saturated heterocycles. The molecule has 7 heteroatoms. The number of anilines is 1. The van der Waals surface area contributed by atoms with Crippen molar-refractivity contribution in [2.75, 3.05) is 32.6 Å². The molecule has 2 aromatic rings. The molecule has 1 amide bonds. The third-order valence-electron chi connectivity index (χ3n) is 4.76. The zero-order valence-corrected chi connectivity index (χ0v) is 17.0. The molecule has 0 aliphatic carbocycles. The monoisotopic (exact) mass is 389 g/mol. The Kier molecular flexibility index (Phi) is 6.68. The average molecular weight is 390 g/mol. The zero-order valence-electron chi connectivity index (χ0n) is 16.2. The Hall–Kier alpha value is -2.12. The van der Waals surface area contributed by atoms with Gasteiger partial charge in [0.25, 0.3) is 0 Å². The quantitative estimate of drug-likeness (QED) is 0.784. The first kappa shape index (κ1) is 19.6. The van der Waals surface area contributed by atoms with Gasteiger partial charge in [0, 0.05) is 24.0 Å². The molecule has 1 atom stereocenters. The van der Waals surface area contributed by atoms with Gasteiger partial charge in [-0.05, 0) is 43.5 Å². The van der Waals surface area contributed by atoms with Crippen LogP contribution in [0.2, 0.25) is 0 Å². The van der Waals surface area contributed by atoms with Gasteiger partial charge in [0.05, 0.1) is 26.3 Å². The maximum absolute atomic E-state index is 12.4. The summed E-state index contributed by atoms with van der Waals surface area (Å²) in [7, 11) is 3.20. The van der Waals surface area contributed by atoms with E-state index in [4.69, 9.17) is 9.47 Å². The first-order valence-corrected chi connectivity index (χ1v) is 10.1. The highest BCUT2D eigenvalue weighted by Gasteiger charge is 2.18. The molecule has 27 heavy (non-hydrogen) atoms. The molecule has 1 unspecified atom stereocenters. The zero-order chi connectivity index (χ0) is 19.2. The van der Waals surface area contributed by atoms with Gasteiger partial charge in [-0.3, -0.25) is 9.69 Å². The summed E-state index contributed by atoms with van der Waals surface area (Å²) in [5.41, 5.74) is 1.80. The summed E-state index contributed by atoms with van der Waals surface area (Å²) in [6, 6.07) is 5.45. The van der Waals surface area contributed by atoms with Crippen molar-refractivity contribution in [1.29, 1.82) is 0 Å². The predicted molar refractivity (Wildman–Crippen MR) is 108 cm³/mol. The van der Waals surface area contributed by atoms with Crippen LogP contribution in [0.1, 0.15) is 31.0 Å². The second-order valence-electron chi connectivity index (χ2n) is 7.03. The van der Waals surface area contributed by atoms with Gasteiger partial charge in [-0.25, -0.2) is 4.98 Å². The summed E-state index contributed by atoms with van der Waals surface area (Å²) in [5, 5.41) is 5.57. The van der Waals surface area contributed by atoms with Crippen LogP contribution in [-0.2, 0) is 17.8 Å². The van der Waals surface area contributed by atoms with Gasteiger partial charge in [0.1, 0.15) is 11.5 Å². The van der Waals surface area contributed by atoms with E-state index in [0.717, 1.165) is 36.8 Å². The number of hydrogen-bond acceptors (Lipinski definition) is 6. The highest BCUT2D eigenvalue weighted by Crippen LogP contribution is 2.25. The molecule has 0 radical (unpaired) electrons. The van der Waals surface area contributed by atoms with E-state index in [9.17, 15) is 4.79 Å². The van der Waals surface area contributed by atoms with Crippen molar-refractivity contribution in [3.8, 4) is 11.5 Å². The number of likely N-dealkylation sites (tertiary alicyclic amines) is 1. The fourth-order valence-electron chi connectivity index (χ4n) is 3.45. The smallest absolute Gasteiger partial charge is 0.230 e. The summed E-state index contributed by atoms with van der Waals surface area (Å²) in [5.74, 6) is 2.00. The van der Waals surface area contributed by atoms with Gasteiger partial charge < -0.3 is 14.8 Å². The number of carbonyl (C=O) groups is 1. The van der Waals surface area contributed by atoms with E-state index in [1.807, 2.05) is 23.6 Å². The topological polar surface area (TPSA) is 63.7 Å². The molecule has 0 saturated carbocycles. The molecule has 1 aliphatic rings. The van der Waals surface area contributed by atoms with Crippen molar-refractivity contribution < 1.29 is 14.3 Å². The summed E-state index contributed by atoms with van der Waals surface area (Å²) in [6.07, 6.45) is 2.76. The predicted octanol–water partition coefficient (Wildman–Crippen LogP) is 3.57.